The number of hydrogen-bond acceptors (Lipinski definition) is 7. The first-order chi connectivity index (χ1) is 16.4. The standard InChI is InChI=1S/C25H24N2O7/c1-33-15-10-11-22(27(31)32)20(12-15)24(29)23(28)13-26-25(30)34-14-21-18-8-4-2-6-16(18)17-7-3-5-9-19(17)21/h2-12,21,23-24,28-29H,13-14H2,1H3,(H,26,30). The van der Waals surface area contributed by atoms with Gasteiger partial charge in [0.2, 0.25) is 0 Å². The summed E-state index contributed by atoms with van der Waals surface area (Å²) >= 11 is 0. The highest BCUT2D eigenvalue weighted by molar-refractivity contribution is 5.79. The van der Waals surface area contributed by atoms with Crippen molar-refractivity contribution in [1.82, 2.24) is 5.32 Å². The van der Waals surface area contributed by atoms with Crippen LogP contribution in [0.5, 0.6) is 5.75 Å². The largest absolute Gasteiger partial charge is 0.497 e. The van der Waals surface area contributed by atoms with Crippen molar-refractivity contribution in [2.45, 2.75) is 18.1 Å². The van der Waals surface area contributed by atoms with Crippen LogP contribution in [0.3, 0.4) is 0 Å². The number of benzene rings is 3. The number of rotatable bonds is 8. The molecule has 4 rings (SSSR count). The summed E-state index contributed by atoms with van der Waals surface area (Å²) in [6.07, 6.45) is -3.90. The highest BCUT2D eigenvalue weighted by Crippen LogP contribution is 2.44. The van der Waals surface area contributed by atoms with Crippen molar-refractivity contribution in [1.29, 1.82) is 0 Å². The predicted octanol–water partition coefficient (Wildman–Crippen LogP) is 3.54. The van der Waals surface area contributed by atoms with Crippen LogP contribution < -0.4 is 10.1 Å². The molecule has 3 aromatic rings. The maximum Gasteiger partial charge on any atom is 0.407 e. The second-order valence-electron chi connectivity index (χ2n) is 7.90. The molecule has 1 amide bonds. The van der Waals surface area contributed by atoms with Crippen molar-refractivity contribution in [3.05, 3.63) is 93.5 Å². The molecule has 3 aromatic carbocycles. The van der Waals surface area contributed by atoms with Gasteiger partial charge in [-0.2, -0.15) is 0 Å². The van der Waals surface area contributed by atoms with Gasteiger partial charge >= 0.3 is 6.09 Å². The third-order valence-corrected chi connectivity index (χ3v) is 5.91. The number of nitro groups is 1. The minimum Gasteiger partial charge on any atom is -0.497 e. The molecule has 34 heavy (non-hydrogen) atoms. The summed E-state index contributed by atoms with van der Waals surface area (Å²) < 4.78 is 10.4. The third-order valence-electron chi connectivity index (χ3n) is 5.91. The van der Waals surface area contributed by atoms with E-state index in [9.17, 15) is 25.1 Å². The molecule has 0 aromatic heterocycles. The van der Waals surface area contributed by atoms with Crippen molar-refractivity contribution in [2.24, 2.45) is 0 Å². The van der Waals surface area contributed by atoms with E-state index >= 15 is 0 Å². The van der Waals surface area contributed by atoms with Crippen LogP contribution in [0.4, 0.5) is 10.5 Å². The predicted molar refractivity (Wildman–Crippen MR) is 124 cm³/mol. The van der Waals surface area contributed by atoms with Crippen LogP contribution in [0.1, 0.15) is 28.7 Å². The van der Waals surface area contributed by atoms with Crippen LogP contribution in [0.25, 0.3) is 11.1 Å². The first-order valence-corrected chi connectivity index (χ1v) is 10.7. The molecule has 3 N–H and O–H groups in total. The number of alkyl carbamates (subject to hydrolysis) is 1. The number of nitro benzene ring substituents is 1. The number of carbonyl (C=O) groups is 1. The fourth-order valence-electron chi connectivity index (χ4n) is 4.22. The zero-order valence-electron chi connectivity index (χ0n) is 18.4. The average Bonchev–Trinajstić information content (AvgIpc) is 3.18. The van der Waals surface area contributed by atoms with E-state index in [-0.39, 0.29) is 36.1 Å². The number of hydrogen-bond donors (Lipinski definition) is 3. The van der Waals surface area contributed by atoms with E-state index in [1.807, 2.05) is 48.5 Å². The molecule has 176 valence electrons. The van der Waals surface area contributed by atoms with Crippen LogP contribution >= 0.6 is 0 Å². The monoisotopic (exact) mass is 464 g/mol. The molecule has 0 bridgehead atoms. The Kier molecular flexibility index (Phi) is 6.76. The lowest BCUT2D eigenvalue weighted by molar-refractivity contribution is -0.386. The number of nitrogens with zero attached hydrogens (tertiary/aromatic N) is 1. The number of aliphatic hydroxyl groups excluding tert-OH is 2. The quantitative estimate of drug-likeness (QED) is 0.343. The molecule has 9 heteroatoms. The molecule has 2 unspecified atom stereocenters. The number of ether oxygens (including phenoxy) is 2. The first-order valence-electron chi connectivity index (χ1n) is 10.7. The molecule has 0 aliphatic heterocycles. The van der Waals surface area contributed by atoms with Crippen LogP contribution in [-0.4, -0.2) is 47.6 Å². The molecule has 0 saturated heterocycles. The maximum atomic E-state index is 12.3. The summed E-state index contributed by atoms with van der Waals surface area (Å²) in [5.41, 5.74) is 3.85. The van der Waals surface area contributed by atoms with Gasteiger partial charge in [0.15, 0.2) is 0 Å². The fourth-order valence-corrected chi connectivity index (χ4v) is 4.22. The second kappa shape index (κ2) is 9.90. The Morgan fingerprint density at radius 1 is 1.06 bits per heavy atom. The lowest BCUT2D eigenvalue weighted by Gasteiger charge is -2.19. The Morgan fingerprint density at radius 2 is 1.68 bits per heavy atom. The maximum absolute atomic E-state index is 12.3. The molecular weight excluding hydrogens is 440 g/mol. The molecule has 0 heterocycles. The molecule has 0 radical (unpaired) electrons. The Labute approximate surface area is 195 Å². The Hall–Kier alpha value is -3.95. The van der Waals surface area contributed by atoms with E-state index in [0.717, 1.165) is 22.3 Å². The van der Waals surface area contributed by atoms with Gasteiger partial charge in [-0.05, 0) is 34.4 Å². The van der Waals surface area contributed by atoms with E-state index < -0.39 is 23.2 Å². The van der Waals surface area contributed by atoms with E-state index in [1.165, 1.54) is 25.3 Å². The minimum atomic E-state index is -1.62. The Bertz CT molecular complexity index is 1170. The molecule has 0 spiro atoms. The summed E-state index contributed by atoms with van der Waals surface area (Å²) in [7, 11) is 1.38. The lowest BCUT2D eigenvalue weighted by atomic mass is 9.98. The second-order valence-corrected chi connectivity index (χ2v) is 7.90. The fraction of sp³-hybridized carbons (Fsp3) is 0.240. The zero-order chi connectivity index (χ0) is 24.2. The number of fused-ring (bicyclic) bond motifs is 3. The van der Waals surface area contributed by atoms with Crippen molar-refractivity contribution >= 4 is 11.8 Å². The van der Waals surface area contributed by atoms with Gasteiger partial charge < -0.3 is 25.0 Å². The normalized spacial score (nSPS) is 14.0. The van der Waals surface area contributed by atoms with Crippen LogP contribution in [-0.2, 0) is 4.74 Å². The molecule has 1 aliphatic rings. The summed E-state index contributed by atoms with van der Waals surface area (Å²) in [4.78, 5) is 22.9. The number of amides is 1. The summed E-state index contributed by atoms with van der Waals surface area (Å²) in [5.74, 6) is 0.171. The van der Waals surface area contributed by atoms with Gasteiger partial charge in [-0.25, -0.2) is 4.79 Å². The van der Waals surface area contributed by atoms with Gasteiger partial charge in [0.05, 0.1) is 17.6 Å². The van der Waals surface area contributed by atoms with E-state index in [0.29, 0.717) is 0 Å². The molecule has 0 saturated carbocycles. The van der Waals surface area contributed by atoms with Gasteiger partial charge in [0.1, 0.15) is 24.6 Å². The van der Waals surface area contributed by atoms with E-state index in [4.69, 9.17) is 9.47 Å². The number of aliphatic hydroxyl groups is 2. The number of methoxy groups -OCH3 is 1. The zero-order valence-corrected chi connectivity index (χ0v) is 18.4. The molecule has 0 fully saturated rings. The molecule has 1 aliphatic carbocycles. The highest BCUT2D eigenvalue weighted by Gasteiger charge is 2.30. The molecule has 2 atom stereocenters. The first kappa shape index (κ1) is 23.2. The summed E-state index contributed by atoms with van der Waals surface area (Å²) in [6, 6.07) is 19.7. The van der Waals surface area contributed by atoms with Crippen molar-refractivity contribution in [3.8, 4) is 16.9 Å². The lowest BCUT2D eigenvalue weighted by Crippen LogP contribution is -2.36. The van der Waals surface area contributed by atoms with E-state index in [1.54, 1.807) is 0 Å². The Morgan fingerprint density at radius 3 is 2.26 bits per heavy atom. The van der Waals surface area contributed by atoms with Crippen LogP contribution in [0.2, 0.25) is 0 Å². The van der Waals surface area contributed by atoms with Gasteiger partial charge in [-0.3, -0.25) is 10.1 Å². The third kappa shape index (κ3) is 4.57. The minimum absolute atomic E-state index is 0.0971. The number of nitrogens with one attached hydrogen (secondary N) is 1. The summed E-state index contributed by atoms with van der Waals surface area (Å²) in [5, 5.41) is 34.5. The molecular formula is C25H24N2O7. The van der Waals surface area contributed by atoms with Crippen LogP contribution in [0.15, 0.2) is 66.7 Å². The van der Waals surface area contributed by atoms with Crippen molar-refractivity contribution in [3.63, 3.8) is 0 Å². The van der Waals surface area contributed by atoms with Crippen molar-refractivity contribution in [2.75, 3.05) is 20.3 Å². The summed E-state index contributed by atoms with van der Waals surface area (Å²) in [6.45, 7) is -0.272. The average molecular weight is 464 g/mol. The highest BCUT2D eigenvalue weighted by atomic mass is 16.6. The smallest absolute Gasteiger partial charge is 0.407 e. The SMILES string of the molecule is COc1ccc([N+](=O)[O-])c(C(O)C(O)CNC(=O)OCC2c3ccccc3-c3ccccc32)c1. The van der Waals surface area contributed by atoms with Gasteiger partial charge in [0.25, 0.3) is 5.69 Å². The van der Waals surface area contributed by atoms with Gasteiger partial charge in [-0.1, -0.05) is 48.5 Å². The van der Waals surface area contributed by atoms with Gasteiger partial charge in [-0.15, -0.1) is 0 Å². The van der Waals surface area contributed by atoms with E-state index in [2.05, 4.69) is 5.32 Å². The Balaban J connectivity index is 1.37. The number of carbonyl (C=O) groups excluding carboxylic acids is 1. The van der Waals surface area contributed by atoms with Crippen molar-refractivity contribution < 1.29 is 29.4 Å². The van der Waals surface area contributed by atoms with Crippen LogP contribution in [0, 0.1) is 10.1 Å². The molecule has 9 nitrogen and oxygen atoms in total. The van der Waals surface area contributed by atoms with Gasteiger partial charge in [0, 0.05) is 18.5 Å². The topological polar surface area (TPSA) is 131 Å².